The molecule has 0 bridgehead atoms. The van der Waals surface area contributed by atoms with Gasteiger partial charge in [-0.25, -0.2) is 8.78 Å². The summed E-state index contributed by atoms with van der Waals surface area (Å²) in [4.78, 5) is 4.27. The number of benzene rings is 2. The molecule has 0 fully saturated rings. The van der Waals surface area contributed by atoms with Gasteiger partial charge in [-0.1, -0.05) is 32.9 Å². The first-order valence-electron chi connectivity index (χ1n) is 8.11. The fourth-order valence-corrected chi connectivity index (χ4v) is 2.32. The first-order chi connectivity index (χ1) is 12.3. The Labute approximate surface area is 150 Å². The highest BCUT2D eigenvalue weighted by molar-refractivity contribution is 5.59. The van der Waals surface area contributed by atoms with Gasteiger partial charge in [0, 0.05) is 17.4 Å². The summed E-state index contributed by atoms with van der Waals surface area (Å²) in [5.41, 5.74) is 2.48. The number of hydrogen-bond donors (Lipinski definition) is 2. The Morgan fingerprint density at radius 3 is 2.19 bits per heavy atom. The zero-order chi connectivity index (χ0) is 18.7. The average molecular weight is 355 g/mol. The lowest BCUT2D eigenvalue weighted by Crippen LogP contribution is -2.10. The standard InChI is InChI=1S/C19H19F2N5/c1-19(2,3)12-4-6-13(7-5-12)24-18-25-17(11-22-26-18)23-14-8-9-15(20)16(21)10-14/h4-11H,1-3H3,(H2,23,24,25,26). The Morgan fingerprint density at radius 2 is 1.54 bits per heavy atom. The molecule has 0 saturated carbocycles. The predicted octanol–water partition coefficient (Wildman–Crippen LogP) is 4.93. The van der Waals surface area contributed by atoms with E-state index in [2.05, 4.69) is 46.6 Å². The lowest BCUT2D eigenvalue weighted by atomic mass is 9.87. The SMILES string of the molecule is CC(C)(C)c1ccc(Nc2nncc(Nc3ccc(F)c(F)c3)n2)cc1. The lowest BCUT2D eigenvalue weighted by molar-refractivity contribution is 0.509. The Morgan fingerprint density at radius 1 is 0.846 bits per heavy atom. The molecule has 0 saturated heterocycles. The maximum Gasteiger partial charge on any atom is 0.249 e. The van der Waals surface area contributed by atoms with Gasteiger partial charge in [0.1, 0.15) is 0 Å². The molecule has 5 nitrogen and oxygen atoms in total. The van der Waals surface area contributed by atoms with E-state index < -0.39 is 11.6 Å². The fourth-order valence-electron chi connectivity index (χ4n) is 2.32. The molecule has 0 unspecified atom stereocenters. The van der Waals surface area contributed by atoms with Crippen molar-refractivity contribution < 1.29 is 8.78 Å². The van der Waals surface area contributed by atoms with Crippen LogP contribution in [0.15, 0.2) is 48.7 Å². The van der Waals surface area contributed by atoms with E-state index in [0.717, 1.165) is 17.8 Å². The molecule has 0 aliphatic carbocycles. The van der Waals surface area contributed by atoms with Crippen LogP contribution in [0.4, 0.5) is 31.9 Å². The summed E-state index contributed by atoms with van der Waals surface area (Å²) in [6, 6.07) is 11.5. The Hall–Kier alpha value is -3.09. The third-order valence-electron chi connectivity index (χ3n) is 3.76. The molecule has 2 N–H and O–H groups in total. The van der Waals surface area contributed by atoms with Crippen LogP contribution in [0.2, 0.25) is 0 Å². The van der Waals surface area contributed by atoms with Gasteiger partial charge in [0.15, 0.2) is 17.5 Å². The number of hydrogen-bond acceptors (Lipinski definition) is 5. The highest BCUT2D eigenvalue weighted by Crippen LogP contribution is 2.24. The van der Waals surface area contributed by atoms with E-state index in [9.17, 15) is 8.78 Å². The molecule has 0 aliphatic rings. The van der Waals surface area contributed by atoms with Crippen molar-refractivity contribution in [2.45, 2.75) is 26.2 Å². The lowest BCUT2D eigenvalue weighted by Gasteiger charge is -2.19. The second-order valence-electron chi connectivity index (χ2n) is 6.87. The number of nitrogens with one attached hydrogen (secondary N) is 2. The summed E-state index contributed by atoms with van der Waals surface area (Å²) in [6.07, 6.45) is 1.40. The van der Waals surface area contributed by atoms with Crippen molar-refractivity contribution in [3.63, 3.8) is 0 Å². The van der Waals surface area contributed by atoms with Crippen molar-refractivity contribution in [1.82, 2.24) is 15.2 Å². The van der Waals surface area contributed by atoms with Gasteiger partial charge >= 0.3 is 0 Å². The predicted molar refractivity (Wildman–Crippen MR) is 97.9 cm³/mol. The van der Waals surface area contributed by atoms with Crippen molar-refractivity contribution in [2.24, 2.45) is 0 Å². The van der Waals surface area contributed by atoms with Crippen LogP contribution in [0, 0.1) is 11.6 Å². The Kier molecular flexibility index (Phi) is 4.79. The third kappa shape index (κ3) is 4.30. The van der Waals surface area contributed by atoms with Crippen LogP contribution >= 0.6 is 0 Å². The van der Waals surface area contributed by atoms with Crippen molar-refractivity contribution in [2.75, 3.05) is 10.6 Å². The highest BCUT2D eigenvalue weighted by atomic mass is 19.2. The van der Waals surface area contributed by atoms with E-state index in [-0.39, 0.29) is 5.41 Å². The molecule has 26 heavy (non-hydrogen) atoms. The molecule has 3 rings (SSSR count). The van der Waals surface area contributed by atoms with E-state index in [1.807, 2.05) is 24.3 Å². The van der Waals surface area contributed by atoms with Crippen LogP contribution in [0.1, 0.15) is 26.3 Å². The second kappa shape index (κ2) is 7.03. The summed E-state index contributed by atoms with van der Waals surface area (Å²) in [7, 11) is 0. The molecule has 134 valence electrons. The Balaban J connectivity index is 1.73. The minimum absolute atomic E-state index is 0.0743. The molecule has 1 aromatic heterocycles. The van der Waals surface area contributed by atoms with E-state index in [1.165, 1.54) is 17.8 Å². The van der Waals surface area contributed by atoms with Crippen LogP contribution in [0.3, 0.4) is 0 Å². The average Bonchev–Trinajstić information content (AvgIpc) is 2.58. The Bertz CT molecular complexity index is 905. The fraction of sp³-hybridized carbons (Fsp3) is 0.211. The van der Waals surface area contributed by atoms with Crippen LogP contribution < -0.4 is 10.6 Å². The quantitative estimate of drug-likeness (QED) is 0.694. The summed E-state index contributed by atoms with van der Waals surface area (Å²) >= 11 is 0. The van der Waals surface area contributed by atoms with Crippen LogP contribution in [-0.2, 0) is 5.41 Å². The van der Waals surface area contributed by atoms with Crippen molar-refractivity contribution in [3.05, 3.63) is 65.9 Å². The summed E-state index contributed by atoms with van der Waals surface area (Å²) in [5.74, 6) is -1.19. The maximum absolute atomic E-state index is 13.3. The first kappa shape index (κ1) is 17.7. The number of anilines is 4. The minimum atomic E-state index is -0.936. The van der Waals surface area contributed by atoms with Gasteiger partial charge in [0.25, 0.3) is 0 Å². The normalized spacial score (nSPS) is 11.3. The molecule has 0 aliphatic heterocycles. The van der Waals surface area contributed by atoms with E-state index in [1.54, 1.807) is 0 Å². The van der Waals surface area contributed by atoms with Crippen LogP contribution in [0.5, 0.6) is 0 Å². The molecule has 1 heterocycles. The molecule has 2 aromatic carbocycles. The molecular weight excluding hydrogens is 336 g/mol. The second-order valence-corrected chi connectivity index (χ2v) is 6.87. The summed E-state index contributed by atoms with van der Waals surface area (Å²) < 4.78 is 26.3. The van der Waals surface area contributed by atoms with Crippen molar-refractivity contribution in [3.8, 4) is 0 Å². The van der Waals surface area contributed by atoms with Gasteiger partial charge < -0.3 is 10.6 Å². The molecule has 0 radical (unpaired) electrons. The van der Waals surface area contributed by atoms with Gasteiger partial charge in [-0.3, -0.25) is 0 Å². The van der Waals surface area contributed by atoms with E-state index in [4.69, 9.17) is 0 Å². The molecule has 3 aromatic rings. The minimum Gasteiger partial charge on any atom is -0.339 e. The zero-order valence-corrected chi connectivity index (χ0v) is 14.7. The number of nitrogens with zero attached hydrogens (tertiary/aromatic N) is 3. The molecule has 0 spiro atoms. The smallest absolute Gasteiger partial charge is 0.249 e. The number of aromatic nitrogens is 3. The molecule has 7 heteroatoms. The van der Waals surface area contributed by atoms with Gasteiger partial charge in [-0.2, -0.15) is 10.1 Å². The zero-order valence-electron chi connectivity index (χ0n) is 14.7. The maximum atomic E-state index is 13.3. The monoisotopic (exact) mass is 355 g/mol. The van der Waals surface area contributed by atoms with Crippen LogP contribution in [-0.4, -0.2) is 15.2 Å². The van der Waals surface area contributed by atoms with Crippen molar-refractivity contribution in [1.29, 1.82) is 0 Å². The molecule has 0 atom stereocenters. The number of rotatable bonds is 4. The van der Waals surface area contributed by atoms with E-state index >= 15 is 0 Å². The summed E-state index contributed by atoms with van der Waals surface area (Å²) in [6.45, 7) is 6.45. The highest BCUT2D eigenvalue weighted by Gasteiger charge is 2.13. The van der Waals surface area contributed by atoms with Gasteiger partial charge in [0.2, 0.25) is 5.95 Å². The molecular formula is C19H19F2N5. The van der Waals surface area contributed by atoms with Gasteiger partial charge in [0.05, 0.1) is 6.20 Å². The third-order valence-corrected chi connectivity index (χ3v) is 3.76. The molecule has 0 amide bonds. The topological polar surface area (TPSA) is 62.7 Å². The number of halogens is 2. The summed E-state index contributed by atoms with van der Waals surface area (Å²) in [5, 5.41) is 13.7. The van der Waals surface area contributed by atoms with E-state index in [0.29, 0.717) is 17.5 Å². The van der Waals surface area contributed by atoms with Crippen molar-refractivity contribution >= 4 is 23.1 Å². The van der Waals surface area contributed by atoms with Gasteiger partial charge in [-0.15, -0.1) is 5.10 Å². The first-order valence-corrected chi connectivity index (χ1v) is 8.11. The largest absolute Gasteiger partial charge is 0.339 e. The van der Waals surface area contributed by atoms with Crippen LogP contribution in [0.25, 0.3) is 0 Å². The van der Waals surface area contributed by atoms with Gasteiger partial charge in [-0.05, 0) is 35.2 Å².